The van der Waals surface area contributed by atoms with E-state index in [1.54, 1.807) is 6.07 Å². The van der Waals surface area contributed by atoms with Gasteiger partial charge in [-0.05, 0) is 45.8 Å². The van der Waals surface area contributed by atoms with Crippen LogP contribution in [0.25, 0.3) is 0 Å². The Labute approximate surface area is 171 Å². The van der Waals surface area contributed by atoms with Crippen molar-refractivity contribution < 1.29 is 17.9 Å². The molecule has 0 atom stereocenters. The number of benzene rings is 2. The van der Waals surface area contributed by atoms with Crippen molar-refractivity contribution in [3.05, 3.63) is 73.6 Å². The molecule has 0 fully saturated rings. The van der Waals surface area contributed by atoms with Crippen LogP contribution in [0.2, 0.25) is 0 Å². The quantitative estimate of drug-likeness (QED) is 0.564. The molecule has 0 radical (unpaired) electrons. The van der Waals surface area contributed by atoms with Crippen LogP contribution in [0.4, 0.5) is 13.2 Å². The zero-order chi connectivity index (χ0) is 21.3. The molecule has 0 spiro atoms. The minimum absolute atomic E-state index is 0.0164. The lowest BCUT2D eigenvalue weighted by atomic mass is 10.1. The topological polar surface area (TPSA) is 72.8 Å². The maximum atomic E-state index is 15.1. The Bertz CT molecular complexity index is 1180. The molecule has 3 rings (SSSR count). The van der Waals surface area contributed by atoms with E-state index in [4.69, 9.17) is 10.00 Å². The molecular weight excluding hydrogens is 453 g/mol. The molecule has 10 heteroatoms. The van der Waals surface area contributed by atoms with Crippen LogP contribution in [0.15, 0.2) is 39.6 Å². The number of alkyl halides is 2. The Morgan fingerprint density at radius 1 is 1.28 bits per heavy atom. The van der Waals surface area contributed by atoms with E-state index in [0.717, 1.165) is 16.8 Å². The van der Waals surface area contributed by atoms with Crippen molar-refractivity contribution >= 4 is 15.9 Å². The molecule has 0 aliphatic carbocycles. The molecule has 6 nitrogen and oxygen atoms in total. The highest BCUT2D eigenvalue weighted by Gasteiger charge is 2.19. The van der Waals surface area contributed by atoms with E-state index in [0.29, 0.717) is 5.82 Å². The molecule has 29 heavy (non-hydrogen) atoms. The third-order valence-corrected chi connectivity index (χ3v) is 4.85. The average Bonchev–Trinajstić information content (AvgIpc) is 2.93. The summed E-state index contributed by atoms with van der Waals surface area (Å²) in [6.45, 7) is 0. The van der Waals surface area contributed by atoms with Gasteiger partial charge in [0.1, 0.15) is 11.6 Å². The number of aryl methyl sites for hydroxylation is 1. The zero-order valence-electron chi connectivity index (χ0n) is 15.3. The van der Waals surface area contributed by atoms with Gasteiger partial charge >= 0.3 is 5.69 Å². The molecule has 0 aliphatic rings. The standard InChI is InChI=1S/C19H14BrF3N4O2/c1-26-15(25-27(2)19(26)28)8-11-3-4-14(20)17(16(11)21)29-13-6-10(9-24)5-12(7-13)18(22)23/h3-7,18H,8H2,1-2H3. The number of hydrogen-bond acceptors (Lipinski definition) is 4. The van der Waals surface area contributed by atoms with E-state index in [9.17, 15) is 13.6 Å². The largest absolute Gasteiger partial charge is 0.453 e. The molecule has 3 aromatic rings. The lowest BCUT2D eigenvalue weighted by Crippen LogP contribution is -2.20. The van der Waals surface area contributed by atoms with Crippen LogP contribution in [-0.2, 0) is 20.5 Å². The summed E-state index contributed by atoms with van der Waals surface area (Å²) in [5.74, 6) is -0.713. The van der Waals surface area contributed by atoms with Crippen LogP contribution >= 0.6 is 15.9 Å². The van der Waals surface area contributed by atoms with Gasteiger partial charge in [-0.15, -0.1) is 0 Å². The maximum absolute atomic E-state index is 15.1. The van der Waals surface area contributed by atoms with Gasteiger partial charge in [-0.25, -0.2) is 22.6 Å². The third-order valence-electron chi connectivity index (χ3n) is 4.22. The fourth-order valence-electron chi connectivity index (χ4n) is 2.73. The second kappa shape index (κ2) is 8.13. The van der Waals surface area contributed by atoms with E-state index in [-0.39, 0.29) is 39.2 Å². The van der Waals surface area contributed by atoms with E-state index in [2.05, 4.69) is 21.0 Å². The molecule has 0 aliphatic heterocycles. The van der Waals surface area contributed by atoms with Gasteiger partial charge < -0.3 is 4.74 Å². The summed E-state index contributed by atoms with van der Waals surface area (Å²) in [6, 6.07) is 8.15. The Balaban J connectivity index is 2.00. The van der Waals surface area contributed by atoms with Crippen LogP contribution < -0.4 is 10.4 Å². The van der Waals surface area contributed by atoms with Gasteiger partial charge in [-0.3, -0.25) is 4.57 Å². The van der Waals surface area contributed by atoms with Crippen molar-refractivity contribution in [3.63, 3.8) is 0 Å². The van der Waals surface area contributed by atoms with Crippen LogP contribution in [-0.4, -0.2) is 14.3 Å². The third kappa shape index (κ3) is 4.19. The van der Waals surface area contributed by atoms with Gasteiger partial charge in [0.05, 0.1) is 16.1 Å². The molecule has 0 saturated heterocycles. The highest BCUT2D eigenvalue weighted by Crippen LogP contribution is 2.36. The average molecular weight is 467 g/mol. The Hall–Kier alpha value is -3.06. The first-order chi connectivity index (χ1) is 13.7. The van der Waals surface area contributed by atoms with Crippen molar-refractivity contribution in [2.45, 2.75) is 12.8 Å². The fourth-order valence-corrected chi connectivity index (χ4v) is 3.11. The fraction of sp³-hybridized carbons (Fsp3) is 0.211. The van der Waals surface area contributed by atoms with E-state index in [1.165, 1.54) is 36.9 Å². The molecule has 2 aromatic carbocycles. The SMILES string of the molecule is Cn1nc(Cc2ccc(Br)c(Oc3cc(C#N)cc(C(F)F)c3)c2F)n(C)c1=O. The summed E-state index contributed by atoms with van der Waals surface area (Å²) in [5.41, 5.74) is -0.589. The molecule has 1 heterocycles. The summed E-state index contributed by atoms with van der Waals surface area (Å²) in [7, 11) is 3.01. The summed E-state index contributed by atoms with van der Waals surface area (Å²) < 4.78 is 49.4. The minimum atomic E-state index is -2.81. The minimum Gasteiger partial charge on any atom is -0.453 e. The van der Waals surface area contributed by atoms with Crippen molar-refractivity contribution in [2.75, 3.05) is 0 Å². The number of nitriles is 1. The lowest BCUT2D eigenvalue weighted by Gasteiger charge is -2.13. The smallest absolute Gasteiger partial charge is 0.345 e. The van der Waals surface area contributed by atoms with Gasteiger partial charge in [0.15, 0.2) is 11.6 Å². The molecule has 150 valence electrons. The van der Waals surface area contributed by atoms with Gasteiger partial charge in [-0.1, -0.05) is 6.07 Å². The molecule has 0 amide bonds. The number of aromatic nitrogens is 3. The normalized spacial score (nSPS) is 11.0. The van der Waals surface area contributed by atoms with Gasteiger partial charge in [-0.2, -0.15) is 10.4 Å². The highest BCUT2D eigenvalue weighted by molar-refractivity contribution is 9.10. The zero-order valence-corrected chi connectivity index (χ0v) is 16.9. The second-order valence-corrected chi connectivity index (χ2v) is 7.07. The Morgan fingerprint density at radius 3 is 2.59 bits per heavy atom. The summed E-state index contributed by atoms with van der Waals surface area (Å²) in [4.78, 5) is 11.8. The molecule has 0 saturated carbocycles. The number of ether oxygens (including phenoxy) is 1. The van der Waals surface area contributed by atoms with Gasteiger partial charge in [0.2, 0.25) is 0 Å². The van der Waals surface area contributed by atoms with Crippen molar-refractivity contribution in [1.29, 1.82) is 5.26 Å². The number of nitrogens with zero attached hydrogens (tertiary/aromatic N) is 4. The number of halogens is 4. The molecule has 0 N–H and O–H groups in total. The Morgan fingerprint density at radius 2 is 2.00 bits per heavy atom. The predicted octanol–water partition coefficient (Wildman–Crippen LogP) is 4.21. The monoisotopic (exact) mass is 466 g/mol. The molecule has 0 unspecified atom stereocenters. The number of hydrogen-bond donors (Lipinski definition) is 0. The molecule has 1 aromatic heterocycles. The first-order valence-corrected chi connectivity index (χ1v) is 9.07. The van der Waals surface area contributed by atoms with Crippen molar-refractivity contribution in [2.24, 2.45) is 14.1 Å². The first kappa shape index (κ1) is 20.7. The molecular formula is C19H14BrF3N4O2. The van der Waals surface area contributed by atoms with E-state index < -0.39 is 17.8 Å². The van der Waals surface area contributed by atoms with Crippen molar-refractivity contribution in [1.82, 2.24) is 14.3 Å². The van der Waals surface area contributed by atoms with Crippen LogP contribution in [0.1, 0.15) is 28.9 Å². The predicted molar refractivity (Wildman–Crippen MR) is 102 cm³/mol. The first-order valence-electron chi connectivity index (χ1n) is 8.28. The van der Waals surface area contributed by atoms with E-state index in [1.807, 2.05) is 0 Å². The summed E-state index contributed by atoms with van der Waals surface area (Å²) >= 11 is 3.18. The van der Waals surface area contributed by atoms with Crippen LogP contribution in [0, 0.1) is 17.1 Å². The Kier molecular flexibility index (Phi) is 5.79. The summed E-state index contributed by atoms with van der Waals surface area (Å²) in [5, 5.41) is 13.1. The lowest BCUT2D eigenvalue weighted by molar-refractivity contribution is 0.151. The van der Waals surface area contributed by atoms with Crippen LogP contribution in [0.5, 0.6) is 11.5 Å². The van der Waals surface area contributed by atoms with E-state index >= 15 is 4.39 Å². The highest BCUT2D eigenvalue weighted by atomic mass is 79.9. The van der Waals surface area contributed by atoms with Crippen molar-refractivity contribution in [3.8, 4) is 17.6 Å². The van der Waals surface area contributed by atoms with Crippen LogP contribution in [0.3, 0.4) is 0 Å². The number of rotatable bonds is 5. The van der Waals surface area contributed by atoms with Gasteiger partial charge in [0, 0.05) is 26.1 Å². The summed E-state index contributed by atoms with van der Waals surface area (Å²) in [6.07, 6.45) is -2.79. The maximum Gasteiger partial charge on any atom is 0.345 e. The molecule has 0 bridgehead atoms. The second-order valence-electron chi connectivity index (χ2n) is 6.21. The van der Waals surface area contributed by atoms with Gasteiger partial charge in [0.25, 0.3) is 6.43 Å².